The first-order chi connectivity index (χ1) is 8.60. The van der Waals surface area contributed by atoms with Crippen molar-refractivity contribution < 1.29 is 9.84 Å². The van der Waals surface area contributed by atoms with E-state index in [0.29, 0.717) is 16.2 Å². The monoisotopic (exact) mass is 309 g/mol. The zero-order valence-corrected chi connectivity index (χ0v) is 11.2. The van der Waals surface area contributed by atoms with Crippen LogP contribution in [-0.4, -0.2) is 22.2 Å². The molecule has 0 unspecified atom stereocenters. The molecule has 1 heterocycles. The molecule has 1 aromatic carbocycles. The Balaban J connectivity index is 2.29. The highest BCUT2D eigenvalue weighted by atomic mass is 79.9. The molecule has 0 aliphatic rings. The summed E-state index contributed by atoms with van der Waals surface area (Å²) < 4.78 is 5.64. The van der Waals surface area contributed by atoms with Crippen molar-refractivity contribution >= 4 is 34.0 Å². The topological polar surface area (TPSA) is 84.2 Å². The normalized spacial score (nSPS) is 11.0. The van der Waals surface area contributed by atoms with Crippen LogP contribution in [0.2, 0.25) is 0 Å². The lowest BCUT2D eigenvalue weighted by molar-refractivity contribution is 0.372. The van der Waals surface area contributed by atoms with Crippen LogP contribution in [0.15, 0.2) is 22.8 Å². The zero-order chi connectivity index (χ0) is 13.1. The summed E-state index contributed by atoms with van der Waals surface area (Å²) in [4.78, 5) is 6.78. The minimum absolute atomic E-state index is 0.0837. The molecule has 0 fully saturated rings. The van der Waals surface area contributed by atoms with Crippen molar-refractivity contribution in [3.8, 4) is 11.5 Å². The van der Waals surface area contributed by atoms with Gasteiger partial charge in [0.1, 0.15) is 0 Å². The van der Waals surface area contributed by atoms with Crippen molar-refractivity contribution in [1.29, 1.82) is 0 Å². The van der Waals surface area contributed by atoms with Crippen molar-refractivity contribution in [3.05, 3.63) is 34.1 Å². The van der Waals surface area contributed by atoms with E-state index in [1.54, 1.807) is 18.3 Å². The summed E-state index contributed by atoms with van der Waals surface area (Å²) in [6, 6.07) is 3.52. The van der Waals surface area contributed by atoms with E-state index >= 15 is 0 Å². The average molecular weight is 310 g/mol. The van der Waals surface area contributed by atoms with Crippen LogP contribution < -0.4 is 10.5 Å². The molecule has 0 amide bonds. The Bertz CT molecular complexity index is 593. The number of nitrogen functional groups attached to an aromatic ring is 1. The quantitative estimate of drug-likeness (QED) is 0.813. The largest absolute Gasteiger partial charge is 0.503 e. The highest BCUT2D eigenvalue weighted by Gasteiger charge is 2.06. The first-order valence-electron chi connectivity index (χ1n) is 5.15. The van der Waals surface area contributed by atoms with Crippen LogP contribution in [0.1, 0.15) is 11.3 Å². The number of methoxy groups -OCH3 is 1. The number of imidazole rings is 1. The second-order valence-electron chi connectivity index (χ2n) is 3.61. The molecule has 0 aliphatic heterocycles. The van der Waals surface area contributed by atoms with Gasteiger partial charge in [0, 0.05) is 0 Å². The number of hydrogen-bond acceptors (Lipinski definition) is 4. The molecule has 0 bridgehead atoms. The van der Waals surface area contributed by atoms with E-state index in [1.807, 2.05) is 12.2 Å². The smallest absolute Gasteiger partial charge is 0.197 e. The number of benzene rings is 1. The lowest BCUT2D eigenvalue weighted by atomic mass is 10.2. The van der Waals surface area contributed by atoms with E-state index in [0.717, 1.165) is 11.3 Å². The van der Waals surface area contributed by atoms with Gasteiger partial charge in [-0.05, 0) is 39.7 Å². The van der Waals surface area contributed by atoms with E-state index in [1.165, 1.54) is 7.11 Å². The van der Waals surface area contributed by atoms with E-state index < -0.39 is 0 Å². The van der Waals surface area contributed by atoms with Gasteiger partial charge in [-0.15, -0.1) is 0 Å². The molecule has 0 saturated heterocycles. The number of phenols is 1. The Morgan fingerprint density at radius 1 is 1.44 bits per heavy atom. The van der Waals surface area contributed by atoms with Crippen LogP contribution in [0.5, 0.6) is 11.5 Å². The maximum Gasteiger partial charge on any atom is 0.197 e. The van der Waals surface area contributed by atoms with Crippen molar-refractivity contribution in [2.75, 3.05) is 12.8 Å². The van der Waals surface area contributed by atoms with Crippen molar-refractivity contribution in [1.82, 2.24) is 9.97 Å². The van der Waals surface area contributed by atoms with E-state index in [-0.39, 0.29) is 5.75 Å². The molecule has 2 rings (SSSR count). The Kier molecular flexibility index (Phi) is 3.57. The van der Waals surface area contributed by atoms with E-state index in [9.17, 15) is 5.11 Å². The fourth-order valence-corrected chi connectivity index (χ4v) is 1.93. The van der Waals surface area contributed by atoms with Gasteiger partial charge in [0.15, 0.2) is 17.4 Å². The fraction of sp³-hybridized carbons (Fsp3) is 0.0833. The molecular formula is C12H12BrN3O2. The molecule has 18 heavy (non-hydrogen) atoms. The Hall–Kier alpha value is -1.95. The average Bonchev–Trinajstić information content (AvgIpc) is 2.76. The highest BCUT2D eigenvalue weighted by molar-refractivity contribution is 9.10. The second-order valence-corrected chi connectivity index (χ2v) is 4.47. The number of hydrogen-bond donors (Lipinski definition) is 3. The molecule has 0 saturated carbocycles. The maximum absolute atomic E-state index is 9.68. The van der Waals surface area contributed by atoms with Crippen LogP contribution in [-0.2, 0) is 0 Å². The third kappa shape index (κ3) is 2.65. The number of ether oxygens (including phenoxy) is 1. The number of phenolic OH excluding ortho intramolecular Hbond substituents is 1. The number of aromatic amines is 1. The third-order valence-electron chi connectivity index (χ3n) is 2.34. The van der Waals surface area contributed by atoms with Crippen LogP contribution in [0.25, 0.3) is 12.2 Å². The predicted molar refractivity (Wildman–Crippen MR) is 74.3 cm³/mol. The Morgan fingerprint density at radius 3 is 2.83 bits per heavy atom. The summed E-state index contributed by atoms with van der Waals surface area (Å²) in [7, 11) is 1.50. The number of halogens is 1. The Labute approximate surface area is 112 Å². The van der Waals surface area contributed by atoms with Crippen molar-refractivity contribution in [2.45, 2.75) is 0 Å². The summed E-state index contributed by atoms with van der Waals surface area (Å²) in [5.41, 5.74) is 7.16. The third-order valence-corrected chi connectivity index (χ3v) is 2.95. The Morgan fingerprint density at radius 2 is 2.22 bits per heavy atom. The number of aromatic hydroxyl groups is 1. The highest BCUT2D eigenvalue weighted by Crippen LogP contribution is 2.35. The van der Waals surface area contributed by atoms with Crippen LogP contribution in [0.3, 0.4) is 0 Å². The first kappa shape index (κ1) is 12.5. The summed E-state index contributed by atoms with van der Waals surface area (Å²) in [5, 5.41) is 9.68. The number of H-pyrrole nitrogens is 1. The SMILES string of the molecule is COc1cc(/C=C/c2cnc(N)[nH]2)cc(Br)c1O. The number of nitrogens with two attached hydrogens (primary N) is 1. The number of nitrogens with zero attached hydrogens (tertiary/aromatic N) is 1. The molecule has 6 heteroatoms. The number of anilines is 1. The number of nitrogens with one attached hydrogen (secondary N) is 1. The van der Waals surface area contributed by atoms with Gasteiger partial charge in [0.05, 0.1) is 23.5 Å². The zero-order valence-electron chi connectivity index (χ0n) is 9.64. The molecule has 4 N–H and O–H groups in total. The van der Waals surface area contributed by atoms with Crippen molar-refractivity contribution in [2.24, 2.45) is 0 Å². The molecule has 5 nitrogen and oxygen atoms in total. The summed E-state index contributed by atoms with van der Waals surface area (Å²) in [6.45, 7) is 0. The standard InChI is InChI=1S/C12H12BrN3O2/c1-18-10-5-7(4-9(13)11(10)17)2-3-8-6-15-12(14)16-8/h2-6,17H,1H3,(H3,14,15,16)/b3-2+. The molecular weight excluding hydrogens is 298 g/mol. The summed E-state index contributed by atoms with van der Waals surface area (Å²) >= 11 is 3.26. The number of rotatable bonds is 3. The minimum Gasteiger partial charge on any atom is -0.503 e. The van der Waals surface area contributed by atoms with Crippen LogP contribution >= 0.6 is 15.9 Å². The van der Waals surface area contributed by atoms with E-state index in [2.05, 4.69) is 25.9 Å². The second kappa shape index (κ2) is 5.14. The fourth-order valence-electron chi connectivity index (χ4n) is 1.47. The minimum atomic E-state index is 0.0837. The molecule has 94 valence electrons. The van der Waals surface area contributed by atoms with E-state index in [4.69, 9.17) is 10.5 Å². The summed E-state index contributed by atoms with van der Waals surface area (Å²) in [6.07, 6.45) is 5.33. The molecule has 0 spiro atoms. The maximum atomic E-state index is 9.68. The molecule has 1 aromatic heterocycles. The van der Waals surface area contributed by atoms with Crippen LogP contribution in [0, 0.1) is 0 Å². The lowest BCUT2D eigenvalue weighted by Gasteiger charge is -2.06. The van der Waals surface area contributed by atoms with Gasteiger partial charge in [-0.1, -0.05) is 6.08 Å². The van der Waals surface area contributed by atoms with Gasteiger partial charge in [0.2, 0.25) is 0 Å². The predicted octanol–water partition coefficient (Wildman–Crippen LogP) is 2.64. The van der Waals surface area contributed by atoms with Gasteiger partial charge < -0.3 is 20.6 Å². The molecule has 0 aliphatic carbocycles. The van der Waals surface area contributed by atoms with Gasteiger partial charge in [-0.2, -0.15) is 0 Å². The van der Waals surface area contributed by atoms with Gasteiger partial charge in [-0.3, -0.25) is 0 Å². The molecule has 0 radical (unpaired) electrons. The lowest BCUT2D eigenvalue weighted by Crippen LogP contribution is -1.86. The first-order valence-corrected chi connectivity index (χ1v) is 5.94. The molecule has 0 atom stereocenters. The summed E-state index contributed by atoms with van der Waals surface area (Å²) in [5.74, 6) is 0.868. The van der Waals surface area contributed by atoms with Gasteiger partial charge in [-0.25, -0.2) is 4.98 Å². The number of aromatic nitrogens is 2. The van der Waals surface area contributed by atoms with Crippen molar-refractivity contribution in [3.63, 3.8) is 0 Å². The van der Waals surface area contributed by atoms with Crippen LogP contribution in [0.4, 0.5) is 5.95 Å². The molecule has 2 aromatic rings. The van der Waals surface area contributed by atoms with Gasteiger partial charge >= 0.3 is 0 Å². The van der Waals surface area contributed by atoms with Gasteiger partial charge in [0.25, 0.3) is 0 Å².